The van der Waals surface area contributed by atoms with E-state index in [1.54, 1.807) is 6.07 Å². The Bertz CT molecular complexity index is 982. The fourth-order valence-electron chi connectivity index (χ4n) is 3.53. The van der Waals surface area contributed by atoms with Gasteiger partial charge >= 0.3 is 0 Å². The maximum Gasteiger partial charge on any atom is 0.157 e. The lowest BCUT2D eigenvalue weighted by molar-refractivity contribution is 0.171. The van der Waals surface area contributed by atoms with Crippen molar-refractivity contribution in [1.29, 1.82) is 0 Å². The molecule has 138 valence electrons. The van der Waals surface area contributed by atoms with Crippen LogP contribution in [0.15, 0.2) is 54.6 Å². The third-order valence-electron chi connectivity index (χ3n) is 4.95. The van der Waals surface area contributed by atoms with Crippen molar-refractivity contribution in [2.75, 3.05) is 0 Å². The molecule has 1 atom stereocenters. The summed E-state index contributed by atoms with van der Waals surface area (Å²) in [6.07, 6.45) is 1.32. The van der Waals surface area contributed by atoms with Gasteiger partial charge in [-0.25, -0.2) is 0 Å². The lowest BCUT2D eigenvalue weighted by atomic mass is 9.92. The zero-order chi connectivity index (χ0) is 19.0. The van der Waals surface area contributed by atoms with Crippen molar-refractivity contribution in [3.8, 4) is 28.7 Å². The normalized spacial score (nSPS) is 15.8. The molecular weight excluding hydrogens is 344 g/mol. The second-order valence-electron chi connectivity index (χ2n) is 6.76. The van der Waals surface area contributed by atoms with Crippen molar-refractivity contribution in [2.45, 2.75) is 25.4 Å². The van der Waals surface area contributed by atoms with Crippen molar-refractivity contribution < 1.29 is 25.2 Å². The SMILES string of the molecule is Oc1ccc([C@@H]2CCc3c(O)cc(O)c(Cc4ccccc4)c3O2)cc1O. The van der Waals surface area contributed by atoms with E-state index in [-0.39, 0.29) is 29.1 Å². The van der Waals surface area contributed by atoms with E-state index in [2.05, 4.69) is 0 Å². The Balaban J connectivity index is 1.73. The highest BCUT2D eigenvalue weighted by molar-refractivity contribution is 5.58. The van der Waals surface area contributed by atoms with Gasteiger partial charge < -0.3 is 25.2 Å². The minimum atomic E-state index is -0.347. The number of rotatable bonds is 3. The number of hydrogen-bond donors (Lipinski definition) is 4. The van der Waals surface area contributed by atoms with Crippen LogP contribution >= 0.6 is 0 Å². The van der Waals surface area contributed by atoms with Gasteiger partial charge in [0.2, 0.25) is 0 Å². The molecule has 0 radical (unpaired) electrons. The first-order valence-electron chi connectivity index (χ1n) is 8.82. The van der Waals surface area contributed by atoms with Crippen molar-refractivity contribution >= 4 is 0 Å². The maximum atomic E-state index is 10.4. The number of aromatic hydroxyl groups is 4. The minimum Gasteiger partial charge on any atom is -0.507 e. The summed E-state index contributed by atoms with van der Waals surface area (Å²) in [5.74, 6) is 0.107. The molecule has 3 aromatic rings. The van der Waals surface area contributed by atoms with Crippen LogP contribution in [-0.2, 0) is 12.8 Å². The predicted molar refractivity (Wildman–Crippen MR) is 100 cm³/mol. The molecular formula is C22H20O5. The van der Waals surface area contributed by atoms with Crippen molar-refractivity contribution in [1.82, 2.24) is 0 Å². The second kappa shape index (κ2) is 6.76. The Labute approximate surface area is 156 Å². The zero-order valence-corrected chi connectivity index (χ0v) is 14.6. The standard InChI is InChI=1S/C22H20O5/c23-17-8-6-14(11-20(17)26)21-9-7-15-18(24)12-19(25)16(22(15)27-21)10-13-4-2-1-3-5-13/h1-6,8,11-12,21,23-26H,7,9-10H2/t21-/m0/s1. The first-order chi connectivity index (χ1) is 13.0. The largest absolute Gasteiger partial charge is 0.507 e. The Morgan fingerprint density at radius 1 is 0.815 bits per heavy atom. The third-order valence-corrected chi connectivity index (χ3v) is 4.95. The summed E-state index contributed by atoms with van der Waals surface area (Å²) in [6.45, 7) is 0. The Morgan fingerprint density at radius 2 is 1.59 bits per heavy atom. The number of ether oxygens (including phenoxy) is 1. The number of benzene rings is 3. The molecule has 0 fully saturated rings. The Kier molecular flexibility index (Phi) is 4.28. The third kappa shape index (κ3) is 3.24. The lowest BCUT2D eigenvalue weighted by Gasteiger charge is -2.29. The molecule has 0 saturated carbocycles. The van der Waals surface area contributed by atoms with Gasteiger partial charge in [0.15, 0.2) is 11.5 Å². The molecule has 0 unspecified atom stereocenters. The van der Waals surface area contributed by atoms with Gasteiger partial charge in [0.1, 0.15) is 23.4 Å². The summed E-state index contributed by atoms with van der Waals surface area (Å²) in [5, 5.41) is 40.0. The quantitative estimate of drug-likeness (QED) is 0.524. The Morgan fingerprint density at radius 3 is 2.33 bits per heavy atom. The first-order valence-corrected chi connectivity index (χ1v) is 8.82. The van der Waals surface area contributed by atoms with Gasteiger partial charge in [0.25, 0.3) is 0 Å². The lowest BCUT2D eigenvalue weighted by Crippen LogP contribution is -2.17. The van der Waals surface area contributed by atoms with Gasteiger partial charge in [-0.2, -0.15) is 0 Å². The van der Waals surface area contributed by atoms with E-state index < -0.39 is 0 Å². The van der Waals surface area contributed by atoms with Crippen LogP contribution in [0.2, 0.25) is 0 Å². The second-order valence-corrected chi connectivity index (χ2v) is 6.76. The number of phenolic OH excluding ortho intramolecular Hbond substituents is 4. The molecule has 0 amide bonds. The molecule has 0 bridgehead atoms. The van der Waals surface area contributed by atoms with Gasteiger partial charge in [0.05, 0.1) is 0 Å². The highest BCUT2D eigenvalue weighted by Gasteiger charge is 2.28. The molecule has 4 rings (SSSR count). The molecule has 3 aromatic carbocycles. The van der Waals surface area contributed by atoms with Crippen LogP contribution in [0.3, 0.4) is 0 Å². The fraction of sp³-hybridized carbons (Fsp3) is 0.182. The average molecular weight is 364 g/mol. The van der Waals surface area contributed by atoms with Gasteiger partial charge in [-0.1, -0.05) is 36.4 Å². The monoisotopic (exact) mass is 364 g/mol. The number of hydrogen-bond acceptors (Lipinski definition) is 5. The average Bonchev–Trinajstić information content (AvgIpc) is 2.67. The molecule has 0 aliphatic carbocycles. The van der Waals surface area contributed by atoms with Crippen molar-refractivity contribution in [3.63, 3.8) is 0 Å². The van der Waals surface area contributed by atoms with Crippen LogP contribution in [0.1, 0.15) is 34.8 Å². The van der Waals surface area contributed by atoms with Gasteiger partial charge in [-0.05, 0) is 36.1 Å². The van der Waals surface area contributed by atoms with E-state index in [1.165, 1.54) is 18.2 Å². The minimum absolute atomic E-state index is 0.00990. The first kappa shape index (κ1) is 17.1. The van der Waals surface area contributed by atoms with Crippen LogP contribution in [0, 0.1) is 0 Å². The molecule has 0 aromatic heterocycles. The zero-order valence-electron chi connectivity index (χ0n) is 14.6. The van der Waals surface area contributed by atoms with E-state index in [0.717, 1.165) is 11.1 Å². The molecule has 1 aliphatic heterocycles. The van der Waals surface area contributed by atoms with E-state index in [4.69, 9.17) is 4.74 Å². The van der Waals surface area contributed by atoms with E-state index >= 15 is 0 Å². The van der Waals surface area contributed by atoms with Crippen LogP contribution in [-0.4, -0.2) is 20.4 Å². The number of phenols is 4. The molecule has 4 N–H and O–H groups in total. The van der Waals surface area contributed by atoms with Crippen molar-refractivity contribution in [3.05, 3.63) is 76.9 Å². The van der Waals surface area contributed by atoms with Gasteiger partial charge in [-0.15, -0.1) is 0 Å². The van der Waals surface area contributed by atoms with Crippen LogP contribution in [0.5, 0.6) is 28.7 Å². The molecule has 1 aliphatic rings. The fourth-order valence-corrected chi connectivity index (χ4v) is 3.53. The molecule has 5 nitrogen and oxygen atoms in total. The van der Waals surface area contributed by atoms with Gasteiger partial charge in [0, 0.05) is 23.6 Å². The van der Waals surface area contributed by atoms with E-state index in [9.17, 15) is 20.4 Å². The number of fused-ring (bicyclic) bond motifs is 1. The van der Waals surface area contributed by atoms with E-state index in [1.807, 2.05) is 30.3 Å². The van der Waals surface area contributed by atoms with Gasteiger partial charge in [-0.3, -0.25) is 0 Å². The van der Waals surface area contributed by atoms with Crippen LogP contribution < -0.4 is 4.74 Å². The molecule has 27 heavy (non-hydrogen) atoms. The molecule has 0 spiro atoms. The summed E-state index contributed by atoms with van der Waals surface area (Å²) >= 11 is 0. The van der Waals surface area contributed by atoms with Crippen LogP contribution in [0.25, 0.3) is 0 Å². The smallest absolute Gasteiger partial charge is 0.157 e. The summed E-state index contributed by atoms with van der Waals surface area (Å²) in [5.41, 5.74) is 3.05. The summed E-state index contributed by atoms with van der Waals surface area (Å²) in [4.78, 5) is 0. The van der Waals surface area contributed by atoms with E-state index in [0.29, 0.717) is 36.1 Å². The highest BCUT2D eigenvalue weighted by Crippen LogP contribution is 2.46. The maximum absolute atomic E-state index is 10.4. The Hall–Kier alpha value is -3.34. The summed E-state index contributed by atoms with van der Waals surface area (Å²) in [7, 11) is 0. The highest BCUT2D eigenvalue weighted by atomic mass is 16.5. The molecule has 1 heterocycles. The molecule has 5 heteroatoms. The summed E-state index contributed by atoms with van der Waals surface area (Å²) < 4.78 is 6.17. The van der Waals surface area contributed by atoms with Crippen LogP contribution in [0.4, 0.5) is 0 Å². The summed E-state index contributed by atoms with van der Waals surface area (Å²) in [6, 6.07) is 15.7. The molecule has 0 saturated heterocycles. The predicted octanol–water partition coefficient (Wildman–Crippen LogP) is 4.17. The topological polar surface area (TPSA) is 90.2 Å². The van der Waals surface area contributed by atoms with Crippen molar-refractivity contribution in [2.24, 2.45) is 0 Å².